The quantitative estimate of drug-likeness (QED) is 0.0261. The smallest absolute Gasteiger partial charge is 0.306 e. The van der Waals surface area contributed by atoms with E-state index in [0.29, 0.717) is 19.3 Å². The van der Waals surface area contributed by atoms with Gasteiger partial charge in [-0.25, -0.2) is 0 Å². The topological polar surface area (TPSA) is 78.9 Å². The Bertz CT molecular complexity index is 1420. The van der Waals surface area contributed by atoms with Gasteiger partial charge in [-0.05, 0) is 70.6 Å². The van der Waals surface area contributed by atoms with Crippen molar-refractivity contribution in [1.82, 2.24) is 0 Å². The van der Waals surface area contributed by atoms with Gasteiger partial charge < -0.3 is 14.2 Å². The number of esters is 3. The fourth-order valence-electron chi connectivity index (χ4n) is 9.74. The highest BCUT2D eigenvalue weighted by Gasteiger charge is 2.19. The molecular weight excluding hydrogens is 949 g/mol. The van der Waals surface area contributed by atoms with Crippen LogP contribution in [0, 0.1) is 0 Å². The van der Waals surface area contributed by atoms with E-state index in [1.54, 1.807) is 0 Å². The van der Waals surface area contributed by atoms with Gasteiger partial charge in [0.2, 0.25) is 0 Å². The normalized spacial score (nSPS) is 12.5. The average molecular weight is 1080 g/mol. The van der Waals surface area contributed by atoms with Gasteiger partial charge in [0.25, 0.3) is 0 Å². The van der Waals surface area contributed by atoms with Crippen LogP contribution in [0.15, 0.2) is 72.9 Å². The second-order valence-corrected chi connectivity index (χ2v) is 22.4. The van der Waals surface area contributed by atoms with Crippen LogP contribution < -0.4 is 0 Å². The van der Waals surface area contributed by atoms with Crippen molar-refractivity contribution in [2.75, 3.05) is 13.2 Å². The summed E-state index contributed by atoms with van der Waals surface area (Å²) in [4.78, 5) is 38.2. The number of carbonyl (C=O) groups excluding carboxylic acids is 3. The van der Waals surface area contributed by atoms with E-state index in [-0.39, 0.29) is 31.1 Å². The minimum Gasteiger partial charge on any atom is -0.462 e. The van der Waals surface area contributed by atoms with Gasteiger partial charge in [-0.2, -0.15) is 0 Å². The summed E-state index contributed by atoms with van der Waals surface area (Å²) in [5, 5.41) is 0. The Morgan fingerprint density at radius 3 is 0.792 bits per heavy atom. The first-order chi connectivity index (χ1) is 38.0. The summed E-state index contributed by atoms with van der Waals surface area (Å²) in [5.74, 6) is -0.893. The minimum atomic E-state index is -0.787. The molecule has 0 N–H and O–H groups in total. The predicted molar refractivity (Wildman–Crippen MR) is 335 cm³/mol. The van der Waals surface area contributed by atoms with Crippen molar-refractivity contribution in [1.29, 1.82) is 0 Å². The van der Waals surface area contributed by atoms with Gasteiger partial charge in [-0.1, -0.05) is 325 Å². The van der Waals surface area contributed by atoms with Crippen LogP contribution in [0.2, 0.25) is 0 Å². The van der Waals surface area contributed by atoms with E-state index >= 15 is 0 Å². The lowest BCUT2D eigenvalue weighted by Crippen LogP contribution is -2.30. The maximum atomic E-state index is 12.9. The first-order valence-corrected chi connectivity index (χ1v) is 33.4. The van der Waals surface area contributed by atoms with E-state index in [2.05, 4.69) is 93.7 Å². The molecule has 0 heterocycles. The van der Waals surface area contributed by atoms with Crippen molar-refractivity contribution in [3.05, 3.63) is 72.9 Å². The zero-order valence-electron chi connectivity index (χ0n) is 51.2. The Labute approximate surface area is 478 Å². The van der Waals surface area contributed by atoms with Crippen molar-refractivity contribution in [3.8, 4) is 0 Å². The first-order valence-electron chi connectivity index (χ1n) is 33.4. The standard InChI is InChI=1S/C71H126O6/c1-4-7-10-13-16-19-21-23-25-27-29-31-33-34-35-36-38-39-41-43-45-47-49-52-55-58-61-64-70(73)76-67-68(66-75-69(72)63-60-57-54-51-18-15-12-9-6-3)77-71(74)65-62-59-56-53-50-48-46-44-42-40-37-32-30-28-26-24-22-20-17-14-11-8-5-2/h8,11,17,20,24,26,30,32,40,42,46,48,68H,4-7,9-10,12-16,18-19,21-23,25,27-29,31,33-39,41,43-45,47,49-67H2,1-3H3/b11-8-,20-17-,26-24-,32-30-,42-40-,48-46-. The van der Waals surface area contributed by atoms with Crippen LogP contribution >= 0.6 is 0 Å². The maximum Gasteiger partial charge on any atom is 0.306 e. The van der Waals surface area contributed by atoms with Crippen molar-refractivity contribution in [3.63, 3.8) is 0 Å². The molecule has 0 aromatic carbocycles. The lowest BCUT2D eigenvalue weighted by Gasteiger charge is -2.18. The summed E-state index contributed by atoms with van der Waals surface area (Å²) in [6.45, 7) is 6.53. The summed E-state index contributed by atoms with van der Waals surface area (Å²) in [6, 6.07) is 0. The number of unbranched alkanes of at least 4 members (excludes halogenated alkanes) is 38. The number of ether oxygens (including phenoxy) is 3. The summed E-state index contributed by atoms with van der Waals surface area (Å²) >= 11 is 0. The van der Waals surface area contributed by atoms with Gasteiger partial charge in [0.1, 0.15) is 13.2 Å². The van der Waals surface area contributed by atoms with Gasteiger partial charge in [0, 0.05) is 19.3 Å². The van der Waals surface area contributed by atoms with Crippen LogP contribution in [0.4, 0.5) is 0 Å². The van der Waals surface area contributed by atoms with Gasteiger partial charge in [-0.3, -0.25) is 14.4 Å². The monoisotopic (exact) mass is 1070 g/mol. The fraction of sp³-hybridized carbons (Fsp3) is 0.789. The third-order valence-corrected chi connectivity index (χ3v) is 14.7. The molecule has 0 aromatic rings. The van der Waals surface area contributed by atoms with E-state index in [1.165, 1.54) is 193 Å². The summed E-state index contributed by atoms with van der Waals surface area (Å²) in [5.41, 5.74) is 0. The highest BCUT2D eigenvalue weighted by Crippen LogP contribution is 2.18. The third kappa shape index (κ3) is 63.6. The molecule has 0 fully saturated rings. The lowest BCUT2D eigenvalue weighted by atomic mass is 10.0. The Hall–Kier alpha value is -3.15. The van der Waals surface area contributed by atoms with Crippen LogP contribution in [0.5, 0.6) is 0 Å². The molecule has 0 radical (unpaired) electrons. The number of hydrogen-bond acceptors (Lipinski definition) is 6. The van der Waals surface area contributed by atoms with Crippen LogP contribution in [0.1, 0.15) is 342 Å². The molecule has 77 heavy (non-hydrogen) atoms. The highest BCUT2D eigenvalue weighted by molar-refractivity contribution is 5.71. The van der Waals surface area contributed by atoms with Crippen molar-refractivity contribution < 1.29 is 28.6 Å². The zero-order chi connectivity index (χ0) is 55.7. The SMILES string of the molecule is CC/C=C\C/C=C\C/C=C\C/C=C\C/C=C\C/C=C\CCCCCCC(=O)OC(COC(=O)CCCCCCCCCCC)COC(=O)CCCCCCCCCCCCCCCCCCCCCCCCCCCCC. The molecule has 446 valence electrons. The van der Waals surface area contributed by atoms with Crippen LogP contribution in [0.25, 0.3) is 0 Å². The van der Waals surface area contributed by atoms with Gasteiger partial charge in [0.15, 0.2) is 6.10 Å². The molecule has 0 spiro atoms. The number of rotatable bonds is 61. The van der Waals surface area contributed by atoms with E-state index in [0.717, 1.165) is 109 Å². The largest absolute Gasteiger partial charge is 0.462 e. The van der Waals surface area contributed by atoms with Crippen molar-refractivity contribution in [2.45, 2.75) is 348 Å². The molecule has 0 bridgehead atoms. The Morgan fingerprint density at radius 2 is 0.506 bits per heavy atom. The molecule has 6 nitrogen and oxygen atoms in total. The van der Waals surface area contributed by atoms with Gasteiger partial charge in [0.05, 0.1) is 0 Å². The molecule has 0 amide bonds. The summed E-state index contributed by atoms with van der Waals surface area (Å²) < 4.78 is 16.9. The van der Waals surface area contributed by atoms with Crippen molar-refractivity contribution >= 4 is 17.9 Å². The minimum absolute atomic E-state index is 0.0820. The van der Waals surface area contributed by atoms with E-state index < -0.39 is 6.10 Å². The molecule has 0 rings (SSSR count). The lowest BCUT2D eigenvalue weighted by molar-refractivity contribution is -0.167. The van der Waals surface area contributed by atoms with E-state index in [9.17, 15) is 14.4 Å². The molecule has 0 aliphatic rings. The molecule has 6 heteroatoms. The number of allylic oxidation sites excluding steroid dienone is 12. The Morgan fingerprint density at radius 1 is 0.273 bits per heavy atom. The number of hydrogen-bond donors (Lipinski definition) is 0. The fourth-order valence-corrected chi connectivity index (χ4v) is 9.74. The molecular formula is C71H126O6. The van der Waals surface area contributed by atoms with Gasteiger partial charge in [-0.15, -0.1) is 0 Å². The van der Waals surface area contributed by atoms with Crippen LogP contribution in [-0.2, 0) is 28.6 Å². The summed E-state index contributed by atoms with van der Waals surface area (Å²) in [6.07, 6.45) is 85.1. The van der Waals surface area contributed by atoms with Crippen molar-refractivity contribution in [2.24, 2.45) is 0 Å². The Balaban J connectivity index is 4.20. The zero-order valence-corrected chi connectivity index (χ0v) is 51.2. The molecule has 0 saturated carbocycles. The molecule has 1 atom stereocenters. The average Bonchev–Trinajstić information content (AvgIpc) is 3.43. The second-order valence-electron chi connectivity index (χ2n) is 22.4. The molecule has 0 saturated heterocycles. The van der Waals surface area contributed by atoms with Gasteiger partial charge >= 0.3 is 17.9 Å². The van der Waals surface area contributed by atoms with E-state index in [4.69, 9.17) is 14.2 Å². The maximum absolute atomic E-state index is 12.9. The summed E-state index contributed by atoms with van der Waals surface area (Å²) in [7, 11) is 0. The molecule has 0 aliphatic carbocycles. The van der Waals surface area contributed by atoms with Crippen LogP contribution in [0.3, 0.4) is 0 Å². The van der Waals surface area contributed by atoms with Crippen LogP contribution in [-0.4, -0.2) is 37.2 Å². The first kappa shape index (κ1) is 73.8. The number of carbonyl (C=O) groups is 3. The second kappa shape index (κ2) is 65.4. The third-order valence-electron chi connectivity index (χ3n) is 14.7. The van der Waals surface area contributed by atoms with E-state index in [1.807, 2.05) is 0 Å². The molecule has 0 aliphatic heterocycles. The Kier molecular flexibility index (Phi) is 62.7. The molecule has 1 unspecified atom stereocenters. The predicted octanol–water partition coefficient (Wildman–Crippen LogP) is 22.9. The highest BCUT2D eigenvalue weighted by atomic mass is 16.6. The molecule has 0 aromatic heterocycles.